The first-order valence-corrected chi connectivity index (χ1v) is 13.0. The van der Waals surface area contributed by atoms with Crippen LogP contribution in [0.5, 0.6) is 0 Å². The van der Waals surface area contributed by atoms with E-state index in [2.05, 4.69) is 6.07 Å². The number of ether oxygens (including phenoxy) is 1. The van der Waals surface area contributed by atoms with Crippen molar-refractivity contribution in [2.45, 2.75) is 83.2 Å². The topological polar surface area (TPSA) is 100 Å². The van der Waals surface area contributed by atoms with Crippen molar-refractivity contribution in [1.82, 2.24) is 0 Å². The SMILES string of the molecule is CC(C)OC(=O)CCC/C=C\C[C@@H]1[C@@H](/C=C/C(O)CCc2cccc(-c3ccco3)c2)[C@H](O)C[C@@H]1O. The average molecular weight is 497 g/mol. The van der Waals surface area contributed by atoms with E-state index in [9.17, 15) is 20.1 Å². The fourth-order valence-corrected chi connectivity index (χ4v) is 4.75. The van der Waals surface area contributed by atoms with Crippen LogP contribution in [0.2, 0.25) is 0 Å². The molecule has 1 aromatic carbocycles. The zero-order valence-electron chi connectivity index (χ0n) is 21.3. The smallest absolute Gasteiger partial charge is 0.306 e. The van der Waals surface area contributed by atoms with Crippen LogP contribution < -0.4 is 0 Å². The highest BCUT2D eigenvalue weighted by Gasteiger charge is 2.39. The summed E-state index contributed by atoms with van der Waals surface area (Å²) < 4.78 is 10.6. The zero-order chi connectivity index (χ0) is 25.9. The maximum Gasteiger partial charge on any atom is 0.306 e. The highest BCUT2D eigenvalue weighted by Crippen LogP contribution is 2.36. The molecule has 1 aromatic heterocycles. The molecule has 2 aromatic rings. The van der Waals surface area contributed by atoms with Crippen LogP contribution in [0.15, 0.2) is 71.4 Å². The van der Waals surface area contributed by atoms with E-state index in [0.29, 0.717) is 32.1 Å². The standard InChI is InChI=1S/C30H40O6/c1-21(2)36-30(34)13-6-4-3-5-11-25-26(28(33)20-27(25)32)17-16-24(31)15-14-22-9-7-10-23(19-22)29-12-8-18-35-29/h3,5,7-10,12,16-19,21,24-28,31-33H,4,6,11,13-15,20H2,1-2H3/b5-3-,17-16+/t24?,25-,26-,27+,28-/m1/s1. The number of carbonyl (C=O) groups excluding carboxylic acids is 1. The van der Waals surface area contributed by atoms with Crippen molar-refractivity contribution in [3.63, 3.8) is 0 Å². The number of hydrogen-bond acceptors (Lipinski definition) is 6. The highest BCUT2D eigenvalue weighted by molar-refractivity contribution is 5.69. The molecular formula is C30H40O6. The maximum atomic E-state index is 11.6. The summed E-state index contributed by atoms with van der Waals surface area (Å²) in [7, 11) is 0. The van der Waals surface area contributed by atoms with Gasteiger partial charge in [0, 0.05) is 24.3 Å². The summed E-state index contributed by atoms with van der Waals surface area (Å²) in [6.45, 7) is 3.68. The Hall–Kier alpha value is -2.67. The number of aliphatic hydroxyl groups excluding tert-OH is 3. The second-order valence-electron chi connectivity index (χ2n) is 9.92. The van der Waals surface area contributed by atoms with Crippen LogP contribution in [0, 0.1) is 11.8 Å². The summed E-state index contributed by atoms with van der Waals surface area (Å²) in [5, 5.41) is 31.5. The number of benzene rings is 1. The van der Waals surface area contributed by atoms with Crippen molar-refractivity contribution in [2.24, 2.45) is 11.8 Å². The minimum Gasteiger partial charge on any atom is -0.464 e. The molecule has 3 N–H and O–H groups in total. The van der Waals surface area contributed by atoms with Crippen molar-refractivity contribution in [3.05, 3.63) is 72.5 Å². The fraction of sp³-hybridized carbons (Fsp3) is 0.500. The van der Waals surface area contributed by atoms with E-state index in [4.69, 9.17) is 9.15 Å². The van der Waals surface area contributed by atoms with Crippen LogP contribution in [-0.2, 0) is 16.0 Å². The quantitative estimate of drug-likeness (QED) is 0.200. The van der Waals surface area contributed by atoms with Crippen molar-refractivity contribution >= 4 is 5.97 Å². The minimum atomic E-state index is -0.635. The van der Waals surface area contributed by atoms with Gasteiger partial charge in [0.2, 0.25) is 0 Å². The number of furan rings is 1. The molecule has 1 unspecified atom stereocenters. The van der Waals surface area contributed by atoms with Gasteiger partial charge in [-0.05, 0) is 75.6 Å². The predicted octanol–water partition coefficient (Wildman–Crippen LogP) is 5.22. The van der Waals surface area contributed by atoms with Crippen molar-refractivity contribution < 1.29 is 29.3 Å². The minimum absolute atomic E-state index is 0.0923. The number of hydrogen-bond donors (Lipinski definition) is 3. The fourth-order valence-electron chi connectivity index (χ4n) is 4.75. The number of unbranched alkanes of at least 4 members (excludes halogenated alkanes) is 1. The Kier molecular flexibility index (Phi) is 11.0. The third-order valence-electron chi connectivity index (χ3n) is 6.63. The molecule has 3 rings (SSSR count). The lowest BCUT2D eigenvalue weighted by Crippen LogP contribution is -2.20. The van der Waals surface area contributed by atoms with Gasteiger partial charge in [-0.2, -0.15) is 0 Å². The molecule has 0 radical (unpaired) electrons. The summed E-state index contributed by atoms with van der Waals surface area (Å²) in [5.41, 5.74) is 2.13. The number of carbonyl (C=O) groups is 1. The van der Waals surface area contributed by atoms with Gasteiger partial charge in [-0.15, -0.1) is 0 Å². The summed E-state index contributed by atoms with van der Waals surface area (Å²) in [4.78, 5) is 11.6. The lowest BCUT2D eigenvalue weighted by molar-refractivity contribution is -0.147. The van der Waals surface area contributed by atoms with Gasteiger partial charge in [-0.3, -0.25) is 4.79 Å². The van der Waals surface area contributed by atoms with Crippen LogP contribution in [0.1, 0.15) is 57.9 Å². The summed E-state index contributed by atoms with van der Waals surface area (Å²) in [6.07, 6.45) is 11.5. The van der Waals surface area contributed by atoms with E-state index >= 15 is 0 Å². The molecule has 0 saturated heterocycles. The second-order valence-corrected chi connectivity index (χ2v) is 9.92. The second kappa shape index (κ2) is 14.2. The average Bonchev–Trinajstić information content (AvgIpc) is 3.46. The van der Waals surface area contributed by atoms with Crippen molar-refractivity contribution in [1.29, 1.82) is 0 Å². The molecule has 1 saturated carbocycles. The maximum absolute atomic E-state index is 11.6. The number of esters is 1. The molecule has 6 nitrogen and oxygen atoms in total. The molecule has 1 fully saturated rings. The van der Waals surface area contributed by atoms with Gasteiger partial charge in [-0.25, -0.2) is 0 Å². The molecule has 1 aliphatic rings. The summed E-state index contributed by atoms with van der Waals surface area (Å²) in [5.74, 6) is 0.333. The van der Waals surface area contributed by atoms with E-state index in [0.717, 1.165) is 29.7 Å². The van der Waals surface area contributed by atoms with Gasteiger partial charge in [0.05, 0.1) is 30.7 Å². The monoisotopic (exact) mass is 496 g/mol. The lowest BCUT2D eigenvalue weighted by Gasteiger charge is -2.19. The zero-order valence-corrected chi connectivity index (χ0v) is 21.3. The van der Waals surface area contributed by atoms with Crippen LogP contribution >= 0.6 is 0 Å². The molecule has 196 valence electrons. The van der Waals surface area contributed by atoms with Crippen LogP contribution in [0.3, 0.4) is 0 Å². The highest BCUT2D eigenvalue weighted by atomic mass is 16.5. The Morgan fingerprint density at radius 3 is 2.75 bits per heavy atom. The molecule has 0 amide bonds. The molecule has 0 bridgehead atoms. The third kappa shape index (κ3) is 8.77. The van der Waals surface area contributed by atoms with Gasteiger partial charge in [-0.1, -0.05) is 42.5 Å². The van der Waals surface area contributed by atoms with E-state index in [1.807, 2.05) is 62.4 Å². The number of allylic oxidation sites excluding steroid dienone is 2. The molecule has 0 aliphatic heterocycles. The first kappa shape index (κ1) is 27.9. The van der Waals surface area contributed by atoms with Gasteiger partial charge in [0.15, 0.2) is 0 Å². The van der Waals surface area contributed by atoms with Gasteiger partial charge in [0.1, 0.15) is 5.76 Å². The summed E-state index contributed by atoms with van der Waals surface area (Å²) >= 11 is 0. The van der Waals surface area contributed by atoms with E-state index in [1.54, 1.807) is 12.3 Å². The normalized spacial score (nSPS) is 23.2. The lowest BCUT2D eigenvalue weighted by atomic mass is 9.89. The third-order valence-corrected chi connectivity index (χ3v) is 6.63. The van der Waals surface area contributed by atoms with Gasteiger partial charge < -0.3 is 24.5 Å². The van der Waals surface area contributed by atoms with Crippen LogP contribution in [0.25, 0.3) is 11.3 Å². The van der Waals surface area contributed by atoms with Crippen LogP contribution in [-0.4, -0.2) is 45.7 Å². The van der Waals surface area contributed by atoms with E-state index < -0.39 is 18.3 Å². The summed E-state index contributed by atoms with van der Waals surface area (Å²) in [6, 6.07) is 11.9. The Labute approximate surface area is 214 Å². The molecule has 36 heavy (non-hydrogen) atoms. The molecule has 1 aliphatic carbocycles. The molecule has 6 heteroatoms. The number of aryl methyl sites for hydroxylation is 1. The first-order chi connectivity index (χ1) is 17.3. The Morgan fingerprint density at radius 1 is 1.17 bits per heavy atom. The first-order valence-electron chi connectivity index (χ1n) is 13.0. The van der Waals surface area contributed by atoms with Crippen molar-refractivity contribution in [3.8, 4) is 11.3 Å². The van der Waals surface area contributed by atoms with Crippen molar-refractivity contribution in [2.75, 3.05) is 0 Å². The van der Waals surface area contributed by atoms with E-state index in [-0.39, 0.29) is 23.9 Å². The molecule has 5 atom stereocenters. The molecule has 1 heterocycles. The number of aliphatic hydroxyl groups is 3. The van der Waals surface area contributed by atoms with Gasteiger partial charge in [0.25, 0.3) is 0 Å². The van der Waals surface area contributed by atoms with Crippen LogP contribution in [0.4, 0.5) is 0 Å². The Balaban J connectivity index is 1.45. The Bertz CT molecular complexity index is 977. The Morgan fingerprint density at radius 2 is 2.00 bits per heavy atom. The molecule has 0 spiro atoms. The number of rotatable bonds is 13. The van der Waals surface area contributed by atoms with Gasteiger partial charge >= 0.3 is 5.97 Å². The molecular weight excluding hydrogens is 456 g/mol. The predicted molar refractivity (Wildman–Crippen MR) is 140 cm³/mol. The van der Waals surface area contributed by atoms with E-state index in [1.165, 1.54) is 0 Å². The largest absolute Gasteiger partial charge is 0.464 e.